The fourth-order valence-corrected chi connectivity index (χ4v) is 1.58. The van der Waals surface area contributed by atoms with Crippen molar-refractivity contribution >= 4 is 0 Å². The highest BCUT2D eigenvalue weighted by molar-refractivity contribution is 5.62. The topological polar surface area (TPSA) is 26.0 Å². The summed E-state index contributed by atoms with van der Waals surface area (Å²) in [6.07, 6.45) is 0. The average Bonchev–Trinajstić information content (AvgIpc) is 2.51. The maximum atomic E-state index is 5.22. The van der Waals surface area contributed by atoms with Gasteiger partial charge in [-0.1, -0.05) is 28.9 Å². The van der Waals surface area contributed by atoms with Crippen molar-refractivity contribution < 1.29 is 4.52 Å². The van der Waals surface area contributed by atoms with Gasteiger partial charge in [-0.2, -0.15) is 0 Å². The first kappa shape index (κ1) is 9.00. The Morgan fingerprint density at radius 1 is 1.07 bits per heavy atom. The first-order valence-electron chi connectivity index (χ1n) is 4.68. The highest BCUT2D eigenvalue weighted by Gasteiger charge is 2.06. The monoisotopic (exact) mass is 187 g/mol. The number of rotatable bonds is 1. The zero-order chi connectivity index (χ0) is 10.1. The Hall–Kier alpha value is -1.57. The number of hydrogen-bond donors (Lipinski definition) is 0. The fourth-order valence-electron chi connectivity index (χ4n) is 1.58. The lowest BCUT2D eigenvalue weighted by Gasteiger charge is -2.01. The van der Waals surface area contributed by atoms with Gasteiger partial charge in [0, 0.05) is 11.6 Å². The van der Waals surface area contributed by atoms with Crippen LogP contribution in [0.25, 0.3) is 11.3 Å². The maximum absolute atomic E-state index is 5.22. The Morgan fingerprint density at radius 2 is 1.86 bits per heavy atom. The molecule has 0 amide bonds. The van der Waals surface area contributed by atoms with Crippen molar-refractivity contribution in [2.24, 2.45) is 0 Å². The largest absolute Gasteiger partial charge is 0.356 e. The van der Waals surface area contributed by atoms with Crippen molar-refractivity contribution in [2.75, 3.05) is 0 Å². The molecular formula is C12H13NO. The highest BCUT2D eigenvalue weighted by Crippen LogP contribution is 2.24. The lowest BCUT2D eigenvalue weighted by atomic mass is 10.0. The molecule has 2 aromatic rings. The van der Waals surface area contributed by atoms with Crippen molar-refractivity contribution in [2.45, 2.75) is 20.8 Å². The summed E-state index contributed by atoms with van der Waals surface area (Å²) in [5, 5.41) is 3.88. The van der Waals surface area contributed by atoms with Gasteiger partial charge in [0.1, 0.15) is 0 Å². The Kier molecular flexibility index (Phi) is 2.12. The van der Waals surface area contributed by atoms with Crippen LogP contribution in [0.2, 0.25) is 0 Å². The minimum Gasteiger partial charge on any atom is -0.356 e. The summed E-state index contributed by atoms with van der Waals surface area (Å²) in [4.78, 5) is 0. The molecule has 0 atom stereocenters. The zero-order valence-corrected chi connectivity index (χ0v) is 8.66. The molecule has 0 unspecified atom stereocenters. The molecule has 0 fully saturated rings. The van der Waals surface area contributed by atoms with Crippen LogP contribution >= 0.6 is 0 Å². The van der Waals surface area contributed by atoms with Crippen LogP contribution in [-0.4, -0.2) is 5.16 Å². The van der Waals surface area contributed by atoms with E-state index in [0.717, 1.165) is 17.0 Å². The minimum absolute atomic E-state index is 0.847. The van der Waals surface area contributed by atoms with Crippen molar-refractivity contribution in [3.05, 3.63) is 41.1 Å². The molecule has 0 aliphatic carbocycles. The number of benzene rings is 1. The molecule has 72 valence electrons. The molecule has 0 saturated heterocycles. The van der Waals surface area contributed by atoms with Crippen molar-refractivity contribution in [1.29, 1.82) is 0 Å². The van der Waals surface area contributed by atoms with E-state index < -0.39 is 0 Å². The minimum atomic E-state index is 0.847. The Bertz CT molecular complexity index is 457. The quantitative estimate of drug-likeness (QED) is 0.684. The molecule has 0 radical (unpaired) electrons. The predicted molar refractivity (Wildman–Crippen MR) is 56.2 cm³/mol. The van der Waals surface area contributed by atoms with Gasteiger partial charge in [-0.3, -0.25) is 0 Å². The molecule has 14 heavy (non-hydrogen) atoms. The van der Waals surface area contributed by atoms with Gasteiger partial charge in [0.05, 0.1) is 5.69 Å². The molecule has 1 aromatic carbocycles. The van der Waals surface area contributed by atoms with E-state index in [0.29, 0.717) is 0 Å². The molecule has 2 nitrogen and oxygen atoms in total. The third kappa shape index (κ3) is 1.55. The molecule has 0 saturated carbocycles. The molecule has 0 aliphatic rings. The normalized spacial score (nSPS) is 10.5. The van der Waals surface area contributed by atoms with E-state index in [4.69, 9.17) is 4.52 Å². The standard InChI is InChI=1S/C12H13NO/c1-8-4-5-11(9(2)6-8)12-7-10(3)13-14-12/h4-7H,1-3H3. The SMILES string of the molecule is Cc1ccc(-c2cc(C)no2)c(C)c1. The second kappa shape index (κ2) is 3.29. The highest BCUT2D eigenvalue weighted by atomic mass is 16.5. The van der Waals surface area contributed by atoms with E-state index in [1.54, 1.807) is 0 Å². The van der Waals surface area contributed by atoms with Crippen LogP contribution in [0.3, 0.4) is 0 Å². The lowest BCUT2D eigenvalue weighted by molar-refractivity contribution is 0.427. The van der Waals surface area contributed by atoms with E-state index in [1.165, 1.54) is 11.1 Å². The van der Waals surface area contributed by atoms with E-state index in [-0.39, 0.29) is 0 Å². The summed E-state index contributed by atoms with van der Waals surface area (Å²) in [5.41, 5.74) is 4.53. The third-order valence-electron chi connectivity index (χ3n) is 2.28. The average molecular weight is 187 g/mol. The molecular weight excluding hydrogens is 174 g/mol. The fraction of sp³-hybridized carbons (Fsp3) is 0.250. The number of hydrogen-bond acceptors (Lipinski definition) is 2. The summed E-state index contributed by atoms with van der Waals surface area (Å²) in [7, 11) is 0. The molecule has 1 aromatic heterocycles. The van der Waals surface area contributed by atoms with Crippen LogP contribution in [0.4, 0.5) is 0 Å². The van der Waals surface area contributed by atoms with Gasteiger partial charge in [0.2, 0.25) is 0 Å². The van der Waals surface area contributed by atoms with Gasteiger partial charge in [-0.05, 0) is 26.3 Å². The number of aryl methyl sites for hydroxylation is 3. The first-order chi connectivity index (χ1) is 6.66. The van der Waals surface area contributed by atoms with E-state index >= 15 is 0 Å². The molecule has 0 spiro atoms. The summed E-state index contributed by atoms with van der Waals surface area (Å²) in [5.74, 6) is 0.847. The second-order valence-corrected chi connectivity index (χ2v) is 3.65. The van der Waals surface area contributed by atoms with Gasteiger partial charge >= 0.3 is 0 Å². The lowest BCUT2D eigenvalue weighted by Crippen LogP contribution is -1.82. The first-order valence-corrected chi connectivity index (χ1v) is 4.68. The summed E-state index contributed by atoms with van der Waals surface area (Å²) >= 11 is 0. The molecule has 2 heteroatoms. The van der Waals surface area contributed by atoms with Crippen molar-refractivity contribution in [1.82, 2.24) is 5.16 Å². The Labute approximate surface area is 83.5 Å². The molecule has 0 N–H and O–H groups in total. The van der Waals surface area contributed by atoms with Crippen molar-refractivity contribution in [3.63, 3.8) is 0 Å². The van der Waals surface area contributed by atoms with E-state index in [9.17, 15) is 0 Å². The summed E-state index contributed by atoms with van der Waals surface area (Å²) in [6.45, 7) is 6.10. The van der Waals surface area contributed by atoms with Crippen LogP contribution in [-0.2, 0) is 0 Å². The van der Waals surface area contributed by atoms with Gasteiger partial charge in [-0.15, -0.1) is 0 Å². The van der Waals surface area contributed by atoms with Crippen LogP contribution in [0.1, 0.15) is 16.8 Å². The van der Waals surface area contributed by atoms with E-state index in [1.807, 2.05) is 13.0 Å². The summed E-state index contributed by atoms with van der Waals surface area (Å²) in [6, 6.07) is 8.26. The Balaban J connectivity index is 2.52. The maximum Gasteiger partial charge on any atom is 0.167 e. The van der Waals surface area contributed by atoms with Gasteiger partial charge < -0.3 is 4.52 Å². The van der Waals surface area contributed by atoms with E-state index in [2.05, 4.69) is 37.2 Å². The smallest absolute Gasteiger partial charge is 0.167 e. The van der Waals surface area contributed by atoms with Crippen LogP contribution in [0.5, 0.6) is 0 Å². The number of aromatic nitrogens is 1. The molecule has 0 bridgehead atoms. The second-order valence-electron chi connectivity index (χ2n) is 3.65. The van der Waals surface area contributed by atoms with Crippen LogP contribution in [0.15, 0.2) is 28.8 Å². The summed E-state index contributed by atoms with van der Waals surface area (Å²) < 4.78 is 5.22. The zero-order valence-electron chi connectivity index (χ0n) is 8.66. The Morgan fingerprint density at radius 3 is 2.43 bits per heavy atom. The predicted octanol–water partition coefficient (Wildman–Crippen LogP) is 3.27. The molecule has 1 heterocycles. The van der Waals surface area contributed by atoms with Crippen molar-refractivity contribution in [3.8, 4) is 11.3 Å². The van der Waals surface area contributed by atoms with Gasteiger partial charge in [0.15, 0.2) is 5.76 Å². The third-order valence-corrected chi connectivity index (χ3v) is 2.28. The van der Waals surface area contributed by atoms with Crippen LogP contribution < -0.4 is 0 Å². The van der Waals surface area contributed by atoms with Gasteiger partial charge in [-0.25, -0.2) is 0 Å². The molecule has 2 rings (SSSR count). The molecule has 0 aliphatic heterocycles. The number of nitrogens with zero attached hydrogens (tertiary/aromatic N) is 1. The van der Waals surface area contributed by atoms with Crippen LogP contribution in [0, 0.1) is 20.8 Å². The van der Waals surface area contributed by atoms with Gasteiger partial charge in [0.25, 0.3) is 0 Å².